The fourth-order valence-electron chi connectivity index (χ4n) is 2.57. The Morgan fingerprint density at radius 1 is 1.07 bits per heavy atom. The Labute approximate surface area is 158 Å². The van der Waals surface area contributed by atoms with Crippen LogP contribution in [0.3, 0.4) is 0 Å². The maximum atomic E-state index is 12.5. The first-order valence-corrected chi connectivity index (χ1v) is 8.76. The molecule has 6 nitrogen and oxygen atoms in total. The normalized spacial score (nSPS) is 10.3. The molecule has 0 atom stereocenters. The molecule has 0 saturated carbocycles. The lowest BCUT2D eigenvalue weighted by Crippen LogP contribution is -2.14. The molecule has 1 amide bonds. The predicted octanol–water partition coefficient (Wildman–Crippen LogP) is 4.49. The predicted molar refractivity (Wildman–Crippen MR) is 107 cm³/mol. The highest BCUT2D eigenvalue weighted by Crippen LogP contribution is 2.22. The zero-order valence-electron chi connectivity index (χ0n) is 15.6. The van der Waals surface area contributed by atoms with Gasteiger partial charge in [-0.1, -0.05) is 12.1 Å². The molecule has 0 aliphatic heterocycles. The van der Waals surface area contributed by atoms with Gasteiger partial charge in [0, 0.05) is 17.4 Å². The second-order valence-electron chi connectivity index (χ2n) is 6.07. The summed E-state index contributed by atoms with van der Waals surface area (Å²) in [5, 5.41) is 6.07. The third kappa shape index (κ3) is 4.61. The molecule has 27 heavy (non-hydrogen) atoms. The molecule has 138 valence electrons. The van der Waals surface area contributed by atoms with Gasteiger partial charge >= 0.3 is 0 Å². The average Bonchev–Trinajstić information content (AvgIpc) is 2.67. The number of rotatable bonds is 6. The number of hydrogen-bond acceptors (Lipinski definition) is 5. The summed E-state index contributed by atoms with van der Waals surface area (Å²) in [6.07, 6.45) is 1.38. The van der Waals surface area contributed by atoms with Crippen molar-refractivity contribution in [3.8, 4) is 5.75 Å². The van der Waals surface area contributed by atoms with E-state index in [1.54, 1.807) is 18.2 Å². The van der Waals surface area contributed by atoms with E-state index in [-0.39, 0.29) is 11.6 Å². The molecule has 6 heteroatoms. The van der Waals surface area contributed by atoms with Crippen molar-refractivity contribution < 1.29 is 9.53 Å². The van der Waals surface area contributed by atoms with Crippen molar-refractivity contribution in [2.45, 2.75) is 20.8 Å². The van der Waals surface area contributed by atoms with E-state index in [1.165, 1.54) is 11.9 Å². The Bertz CT molecular complexity index is 939. The van der Waals surface area contributed by atoms with Crippen LogP contribution in [-0.2, 0) is 0 Å². The standard InChI is InChI=1S/C21H22N4O2/c1-4-27-17-10-8-16(9-11-17)24-21(26)19-12-20(23-13-22-19)25-18-7-5-6-14(2)15(18)3/h5-13H,4H2,1-3H3,(H,24,26)(H,22,23,25). The summed E-state index contributed by atoms with van der Waals surface area (Å²) in [5.41, 5.74) is 4.23. The van der Waals surface area contributed by atoms with Crippen LogP contribution in [0.4, 0.5) is 17.2 Å². The molecule has 0 saturated heterocycles. The van der Waals surface area contributed by atoms with Gasteiger partial charge in [0.1, 0.15) is 23.6 Å². The van der Waals surface area contributed by atoms with Crippen molar-refractivity contribution in [3.63, 3.8) is 0 Å². The minimum atomic E-state index is -0.300. The number of nitrogens with one attached hydrogen (secondary N) is 2. The van der Waals surface area contributed by atoms with Crippen LogP contribution in [0.25, 0.3) is 0 Å². The first-order valence-electron chi connectivity index (χ1n) is 8.76. The lowest BCUT2D eigenvalue weighted by molar-refractivity contribution is 0.102. The molecular weight excluding hydrogens is 340 g/mol. The zero-order valence-corrected chi connectivity index (χ0v) is 15.6. The molecule has 0 bridgehead atoms. The van der Waals surface area contributed by atoms with E-state index in [9.17, 15) is 4.79 Å². The summed E-state index contributed by atoms with van der Waals surface area (Å²) >= 11 is 0. The van der Waals surface area contributed by atoms with Crippen molar-refractivity contribution in [3.05, 3.63) is 71.7 Å². The smallest absolute Gasteiger partial charge is 0.274 e. The van der Waals surface area contributed by atoms with Crippen LogP contribution in [0.2, 0.25) is 0 Å². The summed E-state index contributed by atoms with van der Waals surface area (Å²) < 4.78 is 5.40. The highest BCUT2D eigenvalue weighted by atomic mass is 16.5. The Morgan fingerprint density at radius 3 is 2.59 bits per heavy atom. The second kappa shape index (κ2) is 8.31. The van der Waals surface area contributed by atoms with Gasteiger partial charge < -0.3 is 15.4 Å². The lowest BCUT2D eigenvalue weighted by atomic mass is 10.1. The first kappa shape index (κ1) is 18.4. The Hall–Kier alpha value is -3.41. The van der Waals surface area contributed by atoms with E-state index < -0.39 is 0 Å². The third-order valence-electron chi connectivity index (χ3n) is 4.19. The van der Waals surface area contributed by atoms with Gasteiger partial charge in [-0.25, -0.2) is 9.97 Å². The van der Waals surface area contributed by atoms with Crippen LogP contribution in [0, 0.1) is 13.8 Å². The van der Waals surface area contributed by atoms with Gasteiger partial charge in [0.15, 0.2) is 0 Å². The summed E-state index contributed by atoms with van der Waals surface area (Å²) in [7, 11) is 0. The van der Waals surface area contributed by atoms with Crippen molar-refractivity contribution in [2.24, 2.45) is 0 Å². The molecule has 0 aliphatic carbocycles. The highest BCUT2D eigenvalue weighted by Gasteiger charge is 2.10. The van der Waals surface area contributed by atoms with Gasteiger partial charge in [0.2, 0.25) is 0 Å². The van der Waals surface area contributed by atoms with Crippen molar-refractivity contribution in [1.29, 1.82) is 0 Å². The zero-order chi connectivity index (χ0) is 19.2. The number of nitrogens with zero attached hydrogens (tertiary/aromatic N) is 2. The van der Waals surface area contributed by atoms with E-state index >= 15 is 0 Å². The molecule has 2 aromatic carbocycles. The number of hydrogen-bond donors (Lipinski definition) is 2. The number of aromatic nitrogens is 2. The highest BCUT2D eigenvalue weighted by molar-refractivity contribution is 6.03. The number of anilines is 3. The molecule has 0 aliphatic rings. The summed E-state index contributed by atoms with van der Waals surface area (Å²) in [5.74, 6) is 1.03. The number of carbonyl (C=O) groups excluding carboxylic acids is 1. The molecule has 0 unspecified atom stereocenters. The van der Waals surface area contributed by atoms with Gasteiger partial charge in [-0.2, -0.15) is 0 Å². The fraction of sp³-hybridized carbons (Fsp3) is 0.190. The van der Waals surface area contributed by atoms with Crippen LogP contribution in [0.1, 0.15) is 28.5 Å². The second-order valence-corrected chi connectivity index (χ2v) is 6.07. The Morgan fingerprint density at radius 2 is 1.85 bits per heavy atom. The van der Waals surface area contributed by atoms with Crippen molar-refractivity contribution in [1.82, 2.24) is 9.97 Å². The topological polar surface area (TPSA) is 76.1 Å². The monoisotopic (exact) mass is 362 g/mol. The van der Waals surface area contributed by atoms with Gasteiger partial charge in [0.05, 0.1) is 6.61 Å². The summed E-state index contributed by atoms with van der Waals surface area (Å²) in [6, 6.07) is 14.8. The molecular formula is C21H22N4O2. The third-order valence-corrected chi connectivity index (χ3v) is 4.19. The summed E-state index contributed by atoms with van der Waals surface area (Å²) in [6.45, 7) is 6.62. The van der Waals surface area contributed by atoms with E-state index in [2.05, 4.69) is 33.6 Å². The SMILES string of the molecule is CCOc1ccc(NC(=O)c2cc(Nc3cccc(C)c3C)ncn2)cc1. The first-order chi connectivity index (χ1) is 13.1. The van der Waals surface area contributed by atoms with E-state index in [0.29, 0.717) is 18.1 Å². The van der Waals surface area contributed by atoms with E-state index in [1.807, 2.05) is 38.1 Å². The van der Waals surface area contributed by atoms with E-state index in [4.69, 9.17) is 4.74 Å². The molecule has 1 heterocycles. The number of amides is 1. The number of benzene rings is 2. The molecule has 3 aromatic rings. The Balaban J connectivity index is 1.72. The maximum absolute atomic E-state index is 12.5. The minimum Gasteiger partial charge on any atom is -0.494 e. The number of carbonyl (C=O) groups is 1. The molecule has 0 fully saturated rings. The van der Waals surface area contributed by atoms with Crippen molar-refractivity contribution >= 4 is 23.1 Å². The summed E-state index contributed by atoms with van der Waals surface area (Å²) in [4.78, 5) is 20.8. The quantitative estimate of drug-likeness (QED) is 0.676. The van der Waals surface area contributed by atoms with Crippen LogP contribution >= 0.6 is 0 Å². The van der Waals surface area contributed by atoms with Gasteiger partial charge in [-0.3, -0.25) is 4.79 Å². The molecule has 0 spiro atoms. The molecule has 2 N–H and O–H groups in total. The fourth-order valence-corrected chi connectivity index (χ4v) is 2.57. The van der Waals surface area contributed by atoms with Gasteiger partial charge in [-0.05, 0) is 62.2 Å². The number of aryl methyl sites for hydroxylation is 1. The van der Waals surface area contributed by atoms with Crippen LogP contribution < -0.4 is 15.4 Å². The largest absolute Gasteiger partial charge is 0.494 e. The minimum absolute atomic E-state index is 0.284. The molecule has 1 aromatic heterocycles. The van der Waals surface area contributed by atoms with Gasteiger partial charge in [-0.15, -0.1) is 0 Å². The lowest BCUT2D eigenvalue weighted by Gasteiger charge is -2.11. The Kier molecular flexibility index (Phi) is 5.66. The van der Waals surface area contributed by atoms with Crippen LogP contribution in [-0.4, -0.2) is 22.5 Å². The van der Waals surface area contributed by atoms with Crippen LogP contribution in [0.5, 0.6) is 5.75 Å². The van der Waals surface area contributed by atoms with Crippen molar-refractivity contribution in [2.75, 3.05) is 17.2 Å². The number of ether oxygens (including phenoxy) is 1. The average molecular weight is 362 g/mol. The maximum Gasteiger partial charge on any atom is 0.274 e. The molecule has 3 rings (SSSR count). The molecule has 0 radical (unpaired) electrons. The van der Waals surface area contributed by atoms with Crippen LogP contribution in [0.15, 0.2) is 54.9 Å². The van der Waals surface area contributed by atoms with E-state index in [0.717, 1.165) is 17.0 Å². The van der Waals surface area contributed by atoms with Gasteiger partial charge in [0.25, 0.3) is 5.91 Å².